The van der Waals surface area contributed by atoms with Crippen molar-refractivity contribution in [3.05, 3.63) is 35.9 Å². The minimum atomic E-state index is -0.564. The molecule has 1 aromatic rings. The predicted octanol–water partition coefficient (Wildman–Crippen LogP) is 3.10. The molecule has 0 unspecified atom stereocenters. The van der Waals surface area contributed by atoms with Gasteiger partial charge in [-0.3, -0.25) is 4.79 Å². The number of hydrogen-bond acceptors (Lipinski definition) is 4. The van der Waals surface area contributed by atoms with Crippen LogP contribution in [0.2, 0.25) is 0 Å². The summed E-state index contributed by atoms with van der Waals surface area (Å²) in [5, 5.41) is 0. The molecule has 118 valence electrons. The van der Waals surface area contributed by atoms with Gasteiger partial charge >= 0.3 is 6.09 Å². The molecule has 1 saturated heterocycles. The average Bonchev–Trinajstić information content (AvgIpc) is 2.85. The maximum Gasteiger partial charge on any atom is 0.417 e. The van der Waals surface area contributed by atoms with Crippen molar-refractivity contribution in [1.82, 2.24) is 4.90 Å². The van der Waals surface area contributed by atoms with Crippen molar-refractivity contribution in [3.63, 3.8) is 0 Å². The van der Waals surface area contributed by atoms with Gasteiger partial charge in [-0.15, -0.1) is 0 Å². The first kappa shape index (κ1) is 16.1. The van der Waals surface area contributed by atoms with Crippen LogP contribution in [0.25, 0.3) is 6.08 Å². The molecule has 1 atom stereocenters. The largest absolute Gasteiger partial charge is 0.497 e. The maximum absolute atomic E-state index is 12.3. The van der Waals surface area contributed by atoms with Gasteiger partial charge in [-0.2, -0.15) is 0 Å². The predicted molar refractivity (Wildman–Crippen MR) is 83.5 cm³/mol. The maximum atomic E-state index is 12.3. The fourth-order valence-electron chi connectivity index (χ4n) is 2.44. The Morgan fingerprint density at radius 2 is 2.27 bits per heavy atom. The van der Waals surface area contributed by atoms with Crippen molar-refractivity contribution >= 4 is 18.1 Å². The summed E-state index contributed by atoms with van der Waals surface area (Å²) in [6.45, 7) is 4.38. The van der Waals surface area contributed by atoms with Gasteiger partial charge < -0.3 is 9.47 Å². The lowest BCUT2D eigenvalue weighted by atomic mass is 10.0. The van der Waals surface area contributed by atoms with Crippen LogP contribution < -0.4 is 4.74 Å². The average molecular weight is 303 g/mol. The Morgan fingerprint density at radius 3 is 2.95 bits per heavy atom. The fraction of sp³-hybridized carbons (Fsp3) is 0.412. The van der Waals surface area contributed by atoms with E-state index < -0.39 is 6.09 Å². The number of nitrogens with zero attached hydrogens (tertiary/aromatic N) is 1. The minimum Gasteiger partial charge on any atom is -0.497 e. The SMILES string of the molecule is COc1cccc(/C=C/C(=O)N2C(=O)OC[C@@H]2CC(C)C)c1. The standard InChI is InChI=1S/C17H21NO4/c1-12(2)9-14-11-22-17(20)18(14)16(19)8-7-13-5-4-6-15(10-13)21-3/h4-8,10,12,14H,9,11H2,1-3H3/b8-7+/t14-/m0/s1. The van der Waals surface area contributed by atoms with E-state index in [1.165, 1.54) is 11.0 Å². The van der Waals surface area contributed by atoms with E-state index in [1.54, 1.807) is 13.2 Å². The van der Waals surface area contributed by atoms with Crippen molar-refractivity contribution in [2.24, 2.45) is 5.92 Å². The Labute approximate surface area is 130 Å². The van der Waals surface area contributed by atoms with E-state index >= 15 is 0 Å². The van der Waals surface area contributed by atoms with E-state index in [0.29, 0.717) is 11.7 Å². The van der Waals surface area contributed by atoms with Gasteiger partial charge in [0.25, 0.3) is 5.91 Å². The molecule has 0 bridgehead atoms. The molecule has 0 radical (unpaired) electrons. The third kappa shape index (κ3) is 3.87. The molecule has 0 N–H and O–H groups in total. The number of carbonyl (C=O) groups excluding carboxylic acids is 2. The zero-order chi connectivity index (χ0) is 16.1. The molecule has 1 aromatic carbocycles. The lowest BCUT2D eigenvalue weighted by Gasteiger charge is -2.19. The molecule has 5 nitrogen and oxygen atoms in total. The van der Waals surface area contributed by atoms with E-state index in [9.17, 15) is 9.59 Å². The second-order valence-corrected chi connectivity index (χ2v) is 5.68. The quantitative estimate of drug-likeness (QED) is 0.784. The second-order valence-electron chi connectivity index (χ2n) is 5.68. The first-order chi connectivity index (χ1) is 10.5. The summed E-state index contributed by atoms with van der Waals surface area (Å²) in [5.74, 6) is 0.751. The van der Waals surface area contributed by atoms with E-state index in [2.05, 4.69) is 13.8 Å². The third-order valence-corrected chi connectivity index (χ3v) is 3.45. The Hall–Kier alpha value is -2.30. The molecule has 0 saturated carbocycles. The van der Waals surface area contributed by atoms with Gasteiger partial charge in [0.15, 0.2) is 0 Å². The van der Waals surface area contributed by atoms with E-state index in [0.717, 1.165) is 12.0 Å². The summed E-state index contributed by atoms with van der Waals surface area (Å²) in [7, 11) is 1.59. The van der Waals surface area contributed by atoms with E-state index in [4.69, 9.17) is 9.47 Å². The molecule has 1 fully saturated rings. The number of carbonyl (C=O) groups is 2. The van der Waals surface area contributed by atoms with Crippen LogP contribution in [0.5, 0.6) is 5.75 Å². The Morgan fingerprint density at radius 1 is 1.50 bits per heavy atom. The van der Waals surface area contributed by atoms with Crippen LogP contribution in [0, 0.1) is 5.92 Å². The minimum absolute atomic E-state index is 0.185. The highest BCUT2D eigenvalue weighted by Gasteiger charge is 2.36. The van der Waals surface area contributed by atoms with Crippen LogP contribution in [-0.2, 0) is 9.53 Å². The highest BCUT2D eigenvalue weighted by molar-refractivity contribution is 6.02. The monoisotopic (exact) mass is 303 g/mol. The Bertz CT molecular complexity index is 580. The van der Waals surface area contributed by atoms with Crippen LogP contribution in [0.15, 0.2) is 30.3 Å². The molecule has 0 aromatic heterocycles. The summed E-state index contributed by atoms with van der Waals surface area (Å²) >= 11 is 0. The normalized spacial score (nSPS) is 18.1. The topological polar surface area (TPSA) is 55.8 Å². The van der Waals surface area contributed by atoms with Crippen LogP contribution in [0.1, 0.15) is 25.8 Å². The number of cyclic esters (lactones) is 1. The van der Waals surface area contributed by atoms with Crippen LogP contribution >= 0.6 is 0 Å². The number of benzene rings is 1. The van der Waals surface area contributed by atoms with Gasteiger partial charge in [-0.1, -0.05) is 26.0 Å². The molecule has 1 aliphatic rings. The lowest BCUT2D eigenvalue weighted by molar-refractivity contribution is -0.124. The van der Waals surface area contributed by atoms with Crippen LogP contribution in [0.3, 0.4) is 0 Å². The molecular weight excluding hydrogens is 282 g/mol. The summed E-state index contributed by atoms with van der Waals surface area (Å²) < 4.78 is 10.1. The molecule has 2 rings (SSSR count). The third-order valence-electron chi connectivity index (χ3n) is 3.45. The fourth-order valence-corrected chi connectivity index (χ4v) is 2.44. The molecule has 1 aliphatic heterocycles. The van der Waals surface area contributed by atoms with Gasteiger partial charge in [0.2, 0.25) is 0 Å². The number of ether oxygens (including phenoxy) is 2. The molecule has 5 heteroatoms. The first-order valence-corrected chi connectivity index (χ1v) is 7.33. The van der Waals surface area contributed by atoms with Gasteiger partial charge in [0.05, 0.1) is 13.2 Å². The molecule has 1 heterocycles. The summed E-state index contributed by atoms with van der Waals surface area (Å²) in [5.41, 5.74) is 0.834. The molecule has 22 heavy (non-hydrogen) atoms. The number of methoxy groups -OCH3 is 1. The van der Waals surface area contributed by atoms with Crippen molar-refractivity contribution in [1.29, 1.82) is 0 Å². The molecule has 0 aliphatic carbocycles. The zero-order valence-electron chi connectivity index (χ0n) is 13.1. The van der Waals surface area contributed by atoms with Crippen LogP contribution in [0.4, 0.5) is 4.79 Å². The van der Waals surface area contributed by atoms with Gasteiger partial charge in [-0.25, -0.2) is 9.69 Å². The number of imide groups is 1. The van der Waals surface area contributed by atoms with E-state index in [1.807, 2.05) is 24.3 Å². The number of hydrogen-bond donors (Lipinski definition) is 0. The number of rotatable bonds is 5. The van der Waals surface area contributed by atoms with E-state index in [-0.39, 0.29) is 18.6 Å². The second kappa shape index (κ2) is 7.11. The highest BCUT2D eigenvalue weighted by atomic mass is 16.6. The zero-order valence-corrected chi connectivity index (χ0v) is 13.1. The molecular formula is C17H21NO4. The van der Waals surface area contributed by atoms with Crippen molar-refractivity contribution in [2.45, 2.75) is 26.3 Å². The lowest BCUT2D eigenvalue weighted by Crippen LogP contribution is -2.38. The van der Waals surface area contributed by atoms with Gasteiger partial charge in [0, 0.05) is 6.08 Å². The van der Waals surface area contributed by atoms with Crippen molar-refractivity contribution < 1.29 is 19.1 Å². The Balaban J connectivity index is 2.09. The van der Waals surface area contributed by atoms with Gasteiger partial charge in [0.1, 0.15) is 12.4 Å². The Kier molecular flexibility index (Phi) is 5.20. The van der Waals surface area contributed by atoms with Crippen molar-refractivity contribution in [2.75, 3.05) is 13.7 Å². The summed E-state index contributed by atoms with van der Waals surface area (Å²) in [4.78, 5) is 25.2. The first-order valence-electron chi connectivity index (χ1n) is 7.33. The molecule has 0 spiro atoms. The summed E-state index contributed by atoms with van der Waals surface area (Å²) in [6.07, 6.45) is 3.24. The van der Waals surface area contributed by atoms with Crippen molar-refractivity contribution in [3.8, 4) is 5.75 Å². The molecule has 2 amide bonds. The smallest absolute Gasteiger partial charge is 0.417 e. The number of amides is 2. The van der Waals surface area contributed by atoms with Crippen LogP contribution in [-0.4, -0.2) is 36.7 Å². The summed E-state index contributed by atoms with van der Waals surface area (Å²) in [6, 6.07) is 7.16. The van der Waals surface area contributed by atoms with Gasteiger partial charge in [-0.05, 0) is 36.1 Å². The highest BCUT2D eigenvalue weighted by Crippen LogP contribution is 2.20.